The number of halogens is 2. The number of carbonyl (C=O) groups is 1. The van der Waals surface area contributed by atoms with Gasteiger partial charge in [-0.3, -0.25) is 0 Å². The van der Waals surface area contributed by atoms with Crippen LogP contribution in [-0.4, -0.2) is 21.3 Å². The summed E-state index contributed by atoms with van der Waals surface area (Å²) in [6, 6.07) is 0. The van der Waals surface area contributed by atoms with E-state index >= 15 is 0 Å². The van der Waals surface area contributed by atoms with Gasteiger partial charge < -0.3 is 21.1 Å². The molecule has 5 N–H and O–H groups in total. The van der Waals surface area contributed by atoms with Crippen molar-refractivity contribution >= 4 is 27.6 Å². The lowest BCUT2D eigenvalue weighted by molar-refractivity contribution is 0.0692. The Morgan fingerprint density at radius 3 is 2.29 bits per heavy atom. The molecule has 1 aromatic rings. The number of aromatic hydroxyl groups is 2. The van der Waals surface area contributed by atoms with E-state index in [9.17, 15) is 9.18 Å². The molecule has 7 heteroatoms. The summed E-state index contributed by atoms with van der Waals surface area (Å²) in [6.45, 7) is 0. The maximum Gasteiger partial charge on any atom is 0.340 e. The van der Waals surface area contributed by atoms with Gasteiger partial charge in [-0.15, -0.1) is 0 Å². The smallest absolute Gasteiger partial charge is 0.340 e. The normalized spacial score (nSPS) is 10.1. The second kappa shape index (κ2) is 3.33. The molecule has 1 aromatic carbocycles. The molecule has 14 heavy (non-hydrogen) atoms. The first-order valence-electron chi connectivity index (χ1n) is 3.29. The van der Waals surface area contributed by atoms with Crippen LogP contribution in [0.4, 0.5) is 10.1 Å². The van der Waals surface area contributed by atoms with E-state index in [1.807, 2.05) is 0 Å². The number of hydrogen-bond donors (Lipinski definition) is 4. The molecular formula is C7H5BrFNO4. The quantitative estimate of drug-likeness (QED) is 0.348. The van der Waals surface area contributed by atoms with Crippen LogP contribution in [-0.2, 0) is 0 Å². The maximum atomic E-state index is 12.9. The van der Waals surface area contributed by atoms with Gasteiger partial charge >= 0.3 is 5.97 Å². The van der Waals surface area contributed by atoms with Crippen molar-refractivity contribution in [1.29, 1.82) is 0 Å². The molecule has 5 nitrogen and oxygen atoms in total. The van der Waals surface area contributed by atoms with Gasteiger partial charge in [-0.2, -0.15) is 0 Å². The van der Waals surface area contributed by atoms with Crippen LogP contribution >= 0.6 is 15.9 Å². The summed E-state index contributed by atoms with van der Waals surface area (Å²) in [5.74, 6) is -5.03. The third-order valence-corrected chi connectivity index (χ3v) is 2.40. The first kappa shape index (κ1) is 10.6. The van der Waals surface area contributed by atoms with E-state index in [2.05, 4.69) is 15.9 Å². The molecule has 0 aliphatic carbocycles. The Kier molecular flexibility index (Phi) is 2.52. The van der Waals surface area contributed by atoms with Crippen molar-refractivity contribution in [3.8, 4) is 11.5 Å². The third kappa shape index (κ3) is 1.35. The SMILES string of the molecule is Nc1c(F)c(O)c(O)c(C(=O)O)c1Br. The number of hydrogen-bond acceptors (Lipinski definition) is 4. The van der Waals surface area contributed by atoms with Crippen molar-refractivity contribution in [2.24, 2.45) is 0 Å². The largest absolute Gasteiger partial charge is 0.504 e. The Balaban J connectivity index is 3.68. The molecular weight excluding hydrogens is 261 g/mol. The molecule has 0 atom stereocenters. The predicted octanol–water partition coefficient (Wildman–Crippen LogP) is 1.28. The molecule has 0 radical (unpaired) electrons. The van der Waals surface area contributed by atoms with E-state index in [0.717, 1.165) is 0 Å². The van der Waals surface area contributed by atoms with Gasteiger partial charge in [-0.25, -0.2) is 9.18 Å². The number of aromatic carboxylic acids is 1. The molecule has 0 unspecified atom stereocenters. The van der Waals surface area contributed by atoms with Gasteiger partial charge in [0.1, 0.15) is 5.56 Å². The lowest BCUT2D eigenvalue weighted by atomic mass is 10.1. The van der Waals surface area contributed by atoms with Gasteiger partial charge in [0, 0.05) is 0 Å². The fourth-order valence-corrected chi connectivity index (χ4v) is 1.41. The van der Waals surface area contributed by atoms with E-state index in [-0.39, 0.29) is 4.47 Å². The highest BCUT2D eigenvalue weighted by atomic mass is 79.9. The van der Waals surface area contributed by atoms with Crippen LogP contribution in [0.15, 0.2) is 4.47 Å². The van der Waals surface area contributed by atoms with Crippen LogP contribution in [0.1, 0.15) is 10.4 Å². The van der Waals surface area contributed by atoms with Gasteiger partial charge in [0.15, 0.2) is 17.3 Å². The van der Waals surface area contributed by atoms with E-state index in [0.29, 0.717) is 0 Å². The van der Waals surface area contributed by atoms with Crippen molar-refractivity contribution in [3.63, 3.8) is 0 Å². The summed E-state index contributed by atoms with van der Waals surface area (Å²) in [7, 11) is 0. The molecule has 1 rings (SSSR count). The fraction of sp³-hybridized carbons (Fsp3) is 0. The van der Waals surface area contributed by atoms with Crippen LogP contribution in [0.3, 0.4) is 0 Å². The van der Waals surface area contributed by atoms with Crippen LogP contribution in [0.5, 0.6) is 11.5 Å². The maximum absolute atomic E-state index is 12.9. The summed E-state index contributed by atoms with van der Waals surface area (Å²) in [4.78, 5) is 10.6. The first-order chi connectivity index (χ1) is 6.37. The van der Waals surface area contributed by atoms with E-state index < -0.39 is 34.5 Å². The highest BCUT2D eigenvalue weighted by Gasteiger charge is 2.24. The summed E-state index contributed by atoms with van der Waals surface area (Å²) in [5.41, 5.74) is 3.88. The van der Waals surface area contributed by atoms with Crippen molar-refractivity contribution in [2.45, 2.75) is 0 Å². The number of phenols is 2. The number of anilines is 1. The number of phenolic OH excluding ortho intramolecular Hbond substituents is 1. The zero-order valence-electron chi connectivity index (χ0n) is 6.58. The number of benzene rings is 1. The monoisotopic (exact) mass is 265 g/mol. The van der Waals surface area contributed by atoms with E-state index in [1.165, 1.54) is 0 Å². The van der Waals surface area contributed by atoms with Crippen LogP contribution in [0, 0.1) is 5.82 Å². The van der Waals surface area contributed by atoms with E-state index in [4.69, 9.17) is 21.1 Å². The van der Waals surface area contributed by atoms with Gasteiger partial charge in [-0.05, 0) is 15.9 Å². The molecule has 0 spiro atoms. The summed E-state index contributed by atoms with van der Waals surface area (Å²) in [5, 5.41) is 26.7. The van der Waals surface area contributed by atoms with Crippen molar-refractivity contribution in [1.82, 2.24) is 0 Å². The van der Waals surface area contributed by atoms with Crippen LogP contribution in [0.25, 0.3) is 0 Å². The molecule has 0 aliphatic heterocycles. The van der Waals surface area contributed by atoms with Crippen molar-refractivity contribution in [3.05, 3.63) is 15.9 Å². The van der Waals surface area contributed by atoms with Gasteiger partial charge in [0.25, 0.3) is 0 Å². The highest BCUT2D eigenvalue weighted by Crippen LogP contribution is 2.41. The minimum Gasteiger partial charge on any atom is -0.504 e. The average molecular weight is 266 g/mol. The second-order valence-corrected chi connectivity index (χ2v) is 3.21. The summed E-state index contributed by atoms with van der Waals surface area (Å²) in [6.07, 6.45) is 0. The molecule has 0 saturated heterocycles. The zero-order chi connectivity index (χ0) is 11.0. The Morgan fingerprint density at radius 1 is 1.36 bits per heavy atom. The minimum atomic E-state index is -1.53. The zero-order valence-corrected chi connectivity index (χ0v) is 8.17. The fourth-order valence-electron chi connectivity index (χ4n) is 0.880. The lowest BCUT2D eigenvalue weighted by Crippen LogP contribution is -2.03. The van der Waals surface area contributed by atoms with Crippen molar-refractivity contribution < 1.29 is 24.5 Å². The molecule has 0 aliphatic rings. The van der Waals surface area contributed by atoms with E-state index in [1.54, 1.807) is 0 Å². The first-order valence-corrected chi connectivity index (χ1v) is 4.08. The Bertz CT molecular complexity index is 392. The summed E-state index contributed by atoms with van der Waals surface area (Å²) >= 11 is 2.70. The van der Waals surface area contributed by atoms with Crippen LogP contribution < -0.4 is 5.73 Å². The highest BCUT2D eigenvalue weighted by molar-refractivity contribution is 9.10. The van der Waals surface area contributed by atoms with Crippen LogP contribution in [0.2, 0.25) is 0 Å². The number of nitrogens with two attached hydrogens (primary N) is 1. The predicted molar refractivity (Wildman–Crippen MR) is 48.8 cm³/mol. The van der Waals surface area contributed by atoms with Crippen molar-refractivity contribution in [2.75, 3.05) is 5.73 Å². The Morgan fingerprint density at radius 2 is 1.86 bits per heavy atom. The second-order valence-electron chi connectivity index (χ2n) is 2.42. The summed E-state index contributed by atoms with van der Waals surface area (Å²) < 4.78 is 12.6. The Hall–Kier alpha value is -1.50. The molecule has 0 heterocycles. The number of carboxylic acids is 1. The molecule has 0 bridgehead atoms. The van der Waals surface area contributed by atoms with Gasteiger partial charge in [0.05, 0.1) is 10.2 Å². The molecule has 0 aromatic heterocycles. The number of carboxylic acid groups (broad SMARTS) is 1. The topological polar surface area (TPSA) is 104 Å². The Labute approximate surface area is 85.7 Å². The van der Waals surface area contributed by atoms with Gasteiger partial charge in [0.2, 0.25) is 0 Å². The molecule has 0 amide bonds. The average Bonchev–Trinajstić information content (AvgIpc) is 2.11. The molecule has 76 valence electrons. The third-order valence-electron chi connectivity index (χ3n) is 1.58. The molecule has 0 fully saturated rings. The minimum absolute atomic E-state index is 0.308. The lowest BCUT2D eigenvalue weighted by Gasteiger charge is -2.08. The molecule has 0 saturated carbocycles. The standard InChI is InChI=1S/C7H5BrFNO4/c8-2-1(7(13)14)5(11)6(12)3(9)4(2)10/h11-12H,10H2,(H,13,14). The number of rotatable bonds is 1. The van der Waals surface area contributed by atoms with Gasteiger partial charge in [-0.1, -0.05) is 0 Å². The number of nitrogen functional groups attached to an aromatic ring is 1.